The lowest BCUT2D eigenvalue weighted by molar-refractivity contribution is -0.122. The van der Waals surface area contributed by atoms with Crippen LogP contribution in [0.2, 0.25) is 0 Å². The largest absolute Gasteiger partial charge is 0.327 e. The number of fused-ring (bicyclic) bond motifs is 2. The number of benzene rings is 1. The van der Waals surface area contributed by atoms with E-state index >= 15 is 0 Å². The molecule has 4 rings (SSSR count). The highest BCUT2D eigenvalue weighted by Crippen LogP contribution is 2.42. The summed E-state index contributed by atoms with van der Waals surface area (Å²) >= 11 is 1.64. The van der Waals surface area contributed by atoms with E-state index in [2.05, 4.69) is 15.7 Å². The summed E-state index contributed by atoms with van der Waals surface area (Å²) in [6, 6.07) is 8.30. The Kier molecular flexibility index (Phi) is 4.61. The van der Waals surface area contributed by atoms with Crippen molar-refractivity contribution in [2.75, 3.05) is 5.32 Å². The summed E-state index contributed by atoms with van der Waals surface area (Å²) in [7, 11) is 0. The molecule has 2 fully saturated rings. The first-order chi connectivity index (χ1) is 12.1. The van der Waals surface area contributed by atoms with E-state index in [0.29, 0.717) is 17.9 Å². The van der Waals surface area contributed by atoms with E-state index in [0.717, 1.165) is 34.8 Å². The van der Waals surface area contributed by atoms with E-state index in [1.54, 1.807) is 11.3 Å². The lowest BCUT2D eigenvalue weighted by Crippen LogP contribution is -2.48. The zero-order valence-corrected chi connectivity index (χ0v) is 15.4. The summed E-state index contributed by atoms with van der Waals surface area (Å²) in [5.74, 6) is 1.32. The molecule has 1 aromatic heterocycles. The van der Waals surface area contributed by atoms with Gasteiger partial charge in [-0.1, -0.05) is 6.42 Å². The summed E-state index contributed by atoms with van der Waals surface area (Å²) in [6.07, 6.45) is 5.53. The highest BCUT2D eigenvalue weighted by atomic mass is 32.1. The Balaban J connectivity index is 1.41. The molecule has 2 aromatic rings. The normalized spacial score (nSPS) is 28.6. The number of hydrogen-bond donors (Lipinski definition) is 2. The highest BCUT2D eigenvalue weighted by Gasteiger charge is 2.40. The van der Waals surface area contributed by atoms with Crippen molar-refractivity contribution in [1.29, 1.82) is 0 Å². The summed E-state index contributed by atoms with van der Waals surface area (Å²) < 4.78 is 0. The van der Waals surface area contributed by atoms with Crippen molar-refractivity contribution in [1.82, 2.24) is 4.98 Å². The maximum Gasteiger partial charge on any atom is 0.227 e. The Morgan fingerprint density at radius 1 is 1.20 bits per heavy atom. The molecule has 2 aliphatic carbocycles. The van der Waals surface area contributed by atoms with Crippen molar-refractivity contribution in [3.05, 3.63) is 35.3 Å². The fraction of sp³-hybridized carbons (Fsp3) is 0.500. The van der Waals surface area contributed by atoms with E-state index in [9.17, 15) is 4.79 Å². The van der Waals surface area contributed by atoms with Crippen LogP contribution in [0.4, 0.5) is 5.69 Å². The lowest BCUT2D eigenvalue weighted by Gasteiger charge is -2.43. The molecule has 0 radical (unpaired) electrons. The van der Waals surface area contributed by atoms with Gasteiger partial charge in [-0.05, 0) is 68.7 Å². The van der Waals surface area contributed by atoms with E-state index in [1.165, 1.54) is 19.3 Å². The fourth-order valence-corrected chi connectivity index (χ4v) is 5.23. The van der Waals surface area contributed by atoms with Crippen LogP contribution in [0.15, 0.2) is 29.6 Å². The second kappa shape index (κ2) is 6.89. The molecule has 2 aliphatic rings. The zero-order chi connectivity index (χ0) is 17.4. The van der Waals surface area contributed by atoms with Gasteiger partial charge in [-0.15, -0.1) is 11.3 Å². The van der Waals surface area contributed by atoms with Gasteiger partial charge in [0.05, 0.1) is 0 Å². The third kappa shape index (κ3) is 3.48. The molecule has 2 saturated carbocycles. The third-order valence-corrected chi connectivity index (χ3v) is 6.81. The van der Waals surface area contributed by atoms with Gasteiger partial charge in [0.1, 0.15) is 5.01 Å². The minimum absolute atomic E-state index is 0.108. The molecule has 3 N–H and O–H groups in total. The Morgan fingerprint density at radius 2 is 1.88 bits per heavy atom. The Morgan fingerprint density at radius 3 is 2.48 bits per heavy atom. The SMILES string of the molecule is Cc1csc(-c2ccc(NC(=O)C3CC4CCCC(C3)C4N)cc2)n1. The van der Waals surface area contributed by atoms with Crippen LogP contribution < -0.4 is 11.1 Å². The van der Waals surface area contributed by atoms with Crippen LogP contribution in [0.3, 0.4) is 0 Å². The first-order valence-electron chi connectivity index (χ1n) is 9.19. The number of carbonyl (C=O) groups is 1. The third-order valence-electron chi connectivity index (χ3n) is 5.80. The number of carbonyl (C=O) groups excluding carboxylic acids is 1. The number of aromatic nitrogens is 1. The quantitative estimate of drug-likeness (QED) is 0.866. The number of amides is 1. The van der Waals surface area contributed by atoms with E-state index in [1.807, 2.05) is 31.2 Å². The highest BCUT2D eigenvalue weighted by molar-refractivity contribution is 7.13. The summed E-state index contributed by atoms with van der Waals surface area (Å²) in [5, 5.41) is 6.17. The number of thiazole rings is 1. The summed E-state index contributed by atoms with van der Waals surface area (Å²) in [6.45, 7) is 2.00. The van der Waals surface area contributed by atoms with Gasteiger partial charge < -0.3 is 11.1 Å². The molecule has 2 atom stereocenters. The van der Waals surface area contributed by atoms with Crippen molar-refractivity contribution >= 4 is 22.9 Å². The minimum Gasteiger partial charge on any atom is -0.327 e. The number of anilines is 1. The Labute approximate surface area is 152 Å². The number of hydrogen-bond acceptors (Lipinski definition) is 4. The van der Waals surface area contributed by atoms with E-state index in [4.69, 9.17) is 5.73 Å². The van der Waals surface area contributed by atoms with Crippen LogP contribution in [-0.2, 0) is 4.79 Å². The second-order valence-electron chi connectivity index (χ2n) is 7.56. The van der Waals surface area contributed by atoms with Crippen molar-refractivity contribution < 1.29 is 4.79 Å². The standard InChI is InChI=1S/C20H25N3OS/c1-12-11-25-20(22-12)13-5-7-17(8-6-13)23-19(24)16-9-14-3-2-4-15(10-16)18(14)21/h5-8,11,14-16,18H,2-4,9-10,21H2,1H3,(H,23,24). The predicted molar refractivity (Wildman–Crippen MR) is 102 cm³/mol. The molecule has 0 spiro atoms. The first kappa shape index (κ1) is 16.7. The predicted octanol–water partition coefficient (Wildman–Crippen LogP) is 4.21. The van der Waals surface area contributed by atoms with Gasteiger partial charge in [0.25, 0.3) is 0 Å². The minimum atomic E-state index is 0.108. The lowest BCUT2D eigenvalue weighted by atomic mass is 9.65. The Hall–Kier alpha value is -1.72. The Bertz CT molecular complexity index is 741. The smallest absolute Gasteiger partial charge is 0.227 e. The van der Waals surface area contributed by atoms with Crippen molar-refractivity contribution in [3.63, 3.8) is 0 Å². The number of rotatable bonds is 3. The molecule has 1 heterocycles. The molecule has 25 heavy (non-hydrogen) atoms. The average molecular weight is 356 g/mol. The molecule has 132 valence electrons. The van der Waals surface area contributed by atoms with Gasteiger partial charge in [-0.25, -0.2) is 4.98 Å². The molecule has 0 aliphatic heterocycles. The summed E-state index contributed by atoms with van der Waals surface area (Å²) in [5.41, 5.74) is 9.33. The average Bonchev–Trinajstić information content (AvgIpc) is 3.01. The number of nitrogens with two attached hydrogens (primary N) is 1. The molecule has 2 unspecified atom stereocenters. The van der Waals surface area contributed by atoms with Crippen LogP contribution in [0.1, 0.15) is 37.8 Å². The van der Waals surface area contributed by atoms with Gasteiger partial charge in [-0.3, -0.25) is 4.79 Å². The van der Waals surface area contributed by atoms with Crippen molar-refractivity contribution in [2.24, 2.45) is 23.5 Å². The monoisotopic (exact) mass is 355 g/mol. The maximum atomic E-state index is 12.7. The van der Waals surface area contributed by atoms with Crippen LogP contribution in [0.5, 0.6) is 0 Å². The van der Waals surface area contributed by atoms with Crippen LogP contribution >= 0.6 is 11.3 Å². The van der Waals surface area contributed by atoms with E-state index < -0.39 is 0 Å². The molecule has 1 amide bonds. The van der Waals surface area contributed by atoms with Gasteiger partial charge in [0.15, 0.2) is 0 Å². The first-order valence-corrected chi connectivity index (χ1v) is 10.1. The van der Waals surface area contributed by atoms with E-state index in [-0.39, 0.29) is 11.8 Å². The second-order valence-corrected chi connectivity index (χ2v) is 8.42. The fourth-order valence-electron chi connectivity index (χ4n) is 4.43. The topological polar surface area (TPSA) is 68.0 Å². The molecule has 4 nitrogen and oxygen atoms in total. The molecule has 2 bridgehead atoms. The van der Waals surface area contributed by atoms with Crippen LogP contribution in [0.25, 0.3) is 10.6 Å². The van der Waals surface area contributed by atoms with Gasteiger partial charge in [0.2, 0.25) is 5.91 Å². The van der Waals surface area contributed by atoms with Gasteiger partial charge in [0, 0.05) is 34.3 Å². The van der Waals surface area contributed by atoms with Gasteiger partial charge >= 0.3 is 0 Å². The molecular weight excluding hydrogens is 330 g/mol. The number of nitrogens with one attached hydrogen (secondary N) is 1. The molecule has 1 aromatic carbocycles. The van der Waals surface area contributed by atoms with Crippen LogP contribution in [0, 0.1) is 24.7 Å². The maximum absolute atomic E-state index is 12.7. The summed E-state index contributed by atoms with van der Waals surface area (Å²) in [4.78, 5) is 17.2. The van der Waals surface area contributed by atoms with Gasteiger partial charge in [-0.2, -0.15) is 0 Å². The number of aryl methyl sites for hydroxylation is 1. The molecule has 0 saturated heterocycles. The molecule has 5 heteroatoms. The number of nitrogens with zero attached hydrogens (tertiary/aromatic N) is 1. The van der Waals surface area contributed by atoms with Crippen LogP contribution in [-0.4, -0.2) is 16.9 Å². The zero-order valence-electron chi connectivity index (χ0n) is 14.6. The van der Waals surface area contributed by atoms with Crippen molar-refractivity contribution in [2.45, 2.75) is 45.1 Å². The van der Waals surface area contributed by atoms with Crippen molar-refractivity contribution in [3.8, 4) is 10.6 Å². The molecular formula is C20H25N3OS.